The summed E-state index contributed by atoms with van der Waals surface area (Å²) in [6.07, 6.45) is 0. The molecule has 0 saturated heterocycles. The fourth-order valence-corrected chi connectivity index (χ4v) is 0.954. The molecule has 3 N–H and O–H groups in total. The quantitative estimate of drug-likeness (QED) is 0.472. The summed E-state index contributed by atoms with van der Waals surface area (Å²) in [5.74, 6) is 0.101. The molecule has 0 fully saturated rings. The maximum atomic E-state index is 11.1. The van der Waals surface area contributed by atoms with Crippen molar-refractivity contribution >= 4 is 5.91 Å². The van der Waals surface area contributed by atoms with E-state index in [9.17, 15) is 4.79 Å². The third-order valence-corrected chi connectivity index (χ3v) is 1.52. The molecule has 4 heteroatoms. The first-order chi connectivity index (χ1) is 5.26. The molecule has 0 unspecified atom stereocenters. The summed E-state index contributed by atoms with van der Waals surface area (Å²) in [5.41, 5.74) is 0. The summed E-state index contributed by atoms with van der Waals surface area (Å²) in [6, 6.07) is 0. The van der Waals surface area contributed by atoms with E-state index in [1.165, 1.54) is 0 Å². The minimum Gasteiger partial charge on any atom is -0.359 e. The highest BCUT2D eigenvalue weighted by atomic mass is 16.1. The van der Waals surface area contributed by atoms with Gasteiger partial charge < -0.3 is 16.0 Å². The maximum absolute atomic E-state index is 11.1. The normalized spacial score (nSPS) is 10.2. The summed E-state index contributed by atoms with van der Waals surface area (Å²) in [6.45, 7) is 1.42. The van der Waals surface area contributed by atoms with Gasteiger partial charge in [0.25, 0.3) is 0 Å². The Labute approximate surface area is 67.7 Å². The van der Waals surface area contributed by atoms with Gasteiger partial charge in [-0.15, -0.1) is 0 Å². The van der Waals surface area contributed by atoms with Crippen molar-refractivity contribution in [2.75, 3.05) is 34.2 Å². The summed E-state index contributed by atoms with van der Waals surface area (Å²) < 4.78 is 0. The van der Waals surface area contributed by atoms with E-state index in [2.05, 4.69) is 16.0 Å². The molecule has 66 valence electrons. The molecule has 0 aliphatic heterocycles. The molecule has 0 heterocycles. The maximum Gasteiger partial charge on any atom is 0.225 e. The van der Waals surface area contributed by atoms with Crippen LogP contribution in [-0.2, 0) is 4.79 Å². The second-order valence-corrected chi connectivity index (χ2v) is 2.43. The van der Waals surface area contributed by atoms with Crippen molar-refractivity contribution in [1.29, 1.82) is 0 Å². The fraction of sp³-hybridized carbons (Fsp3) is 0.857. The molecule has 0 saturated carbocycles. The van der Waals surface area contributed by atoms with Gasteiger partial charge in [0.2, 0.25) is 5.91 Å². The largest absolute Gasteiger partial charge is 0.359 e. The zero-order chi connectivity index (χ0) is 8.69. The molecule has 0 spiro atoms. The highest BCUT2D eigenvalue weighted by Gasteiger charge is 2.14. The van der Waals surface area contributed by atoms with E-state index < -0.39 is 0 Å². The van der Waals surface area contributed by atoms with E-state index in [4.69, 9.17) is 0 Å². The van der Waals surface area contributed by atoms with Crippen molar-refractivity contribution in [2.24, 2.45) is 5.92 Å². The van der Waals surface area contributed by atoms with Crippen LogP contribution in [-0.4, -0.2) is 40.1 Å². The van der Waals surface area contributed by atoms with Crippen LogP contribution in [0.2, 0.25) is 0 Å². The van der Waals surface area contributed by atoms with Crippen molar-refractivity contribution in [1.82, 2.24) is 16.0 Å². The zero-order valence-corrected chi connectivity index (χ0v) is 7.40. The van der Waals surface area contributed by atoms with E-state index in [1.54, 1.807) is 7.05 Å². The molecule has 11 heavy (non-hydrogen) atoms. The lowest BCUT2D eigenvalue weighted by Gasteiger charge is -2.13. The van der Waals surface area contributed by atoms with Crippen molar-refractivity contribution in [3.63, 3.8) is 0 Å². The SMILES string of the molecule is CNCC(CNC)C(=O)NC. The van der Waals surface area contributed by atoms with Gasteiger partial charge in [-0.25, -0.2) is 0 Å². The van der Waals surface area contributed by atoms with Crippen molar-refractivity contribution < 1.29 is 4.79 Å². The summed E-state index contributed by atoms with van der Waals surface area (Å²) in [5, 5.41) is 8.55. The lowest BCUT2D eigenvalue weighted by Crippen LogP contribution is -2.39. The Kier molecular flexibility index (Phi) is 5.78. The molecular formula is C7H17N3O. The van der Waals surface area contributed by atoms with Crippen LogP contribution in [0.4, 0.5) is 0 Å². The Morgan fingerprint density at radius 2 is 1.64 bits per heavy atom. The van der Waals surface area contributed by atoms with Gasteiger partial charge in [0.15, 0.2) is 0 Å². The zero-order valence-electron chi connectivity index (χ0n) is 7.40. The molecule has 0 aliphatic carbocycles. The molecule has 1 amide bonds. The van der Waals surface area contributed by atoms with Gasteiger partial charge >= 0.3 is 0 Å². The van der Waals surface area contributed by atoms with E-state index in [0.717, 1.165) is 0 Å². The van der Waals surface area contributed by atoms with Crippen LogP contribution in [0, 0.1) is 5.92 Å². The molecular weight excluding hydrogens is 142 g/mol. The predicted molar refractivity (Wildman–Crippen MR) is 45.4 cm³/mol. The van der Waals surface area contributed by atoms with Gasteiger partial charge in [0.1, 0.15) is 0 Å². The number of rotatable bonds is 5. The second kappa shape index (κ2) is 6.12. The van der Waals surface area contributed by atoms with Gasteiger partial charge in [-0.1, -0.05) is 0 Å². The average Bonchev–Trinajstić information content (AvgIpc) is 2.03. The Morgan fingerprint density at radius 1 is 1.18 bits per heavy atom. The molecule has 0 atom stereocenters. The number of nitrogens with one attached hydrogen (secondary N) is 3. The molecule has 0 aromatic rings. The molecule has 0 radical (unpaired) electrons. The van der Waals surface area contributed by atoms with E-state index in [1.807, 2.05) is 14.1 Å². The van der Waals surface area contributed by atoms with Crippen LogP contribution in [0.3, 0.4) is 0 Å². The van der Waals surface area contributed by atoms with Crippen LogP contribution in [0.1, 0.15) is 0 Å². The van der Waals surface area contributed by atoms with Crippen LogP contribution in [0.25, 0.3) is 0 Å². The number of carbonyl (C=O) groups excluding carboxylic acids is 1. The topological polar surface area (TPSA) is 53.2 Å². The van der Waals surface area contributed by atoms with Gasteiger partial charge in [-0.05, 0) is 14.1 Å². The number of hydrogen-bond acceptors (Lipinski definition) is 3. The molecule has 0 bridgehead atoms. The van der Waals surface area contributed by atoms with Gasteiger partial charge in [-0.3, -0.25) is 4.79 Å². The standard InChI is InChI=1S/C7H17N3O/c1-8-4-6(5-9-2)7(11)10-3/h6,8-9H,4-5H2,1-3H3,(H,10,11). The van der Waals surface area contributed by atoms with Crippen LogP contribution < -0.4 is 16.0 Å². The minimum absolute atomic E-state index is 0.0231. The highest BCUT2D eigenvalue weighted by molar-refractivity contribution is 5.78. The van der Waals surface area contributed by atoms with Gasteiger partial charge in [-0.2, -0.15) is 0 Å². The van der Waals surface area contributed by atoms with Crippen LogP contribution >= 0.6 is 0 Å². The van der Waals surface area contributed by atoms with E-state index >= 15 is 0 Å². The van der Waals surface area contributed by atoms with Crippen LogP contribution in [0.15, 0.2) is 0 Å². The summed E-state index contributed by atoms with van der Waals surface area (Å²) in [4.78, 5) is 11.1. The molecule has 0 rings (SSSR count). The molecule has 0 aromatic heterocycles. The Morgan fingerprint density at radius 3 is 1.91 bits per heavy atom. The summed E-state index contributed by atoms with van der Waals surface area (Å²) in [7, 11) is 5.33. The van der Waals surface area contributed by atoms with Crippen LogP contribution in [0.5, 0.6) is 0 Å². The third-order valence-electron chi connectivity index (χ3n) is 1.52. The van der Waals surface area contributed by atoms with Crippen molar-refractivity contribution in [3.05, 3.63) is 0 Å². The Bertz CT molecular complexity index is 110. The third kappa shape index (κ3) is 3.95. The summed E-state index contributed by atoms with van der Waals surface area (Å²) >= 11 is 0. The molecule has 0 aromatic carbocycles. The van der Waals surface area contributed by atoms with Crippen molar-refractivity contribution in [3.8, 4) is 0 Å². The lowest BCUT2D eigenvalue weighted by molar-refractivity contribution is -0.124. The predicted octanol–water partition coefficient (Wildman–Crippen LogP) is -1.21. The lowest BCUT2D eigenvalue weighted by atomic mass is 10.1. The second-order valence-electron chi connectivity index (χ2n) is 2.43. The Hall–Kier alpha value is -0.610. The van der Waals surface area contributed by atoms with E-state index in [0.29, 0.717) is 13.1 Å². The smallest absolute Gasteiger partial charge is 0.225 e. The Balaban J connectivity index is 3.76. The number of amides is 1. The van der Waals surface area contributed by atoms with E-state index in [-0.39, 0.29) is 11.8 Å². The number of hydrogen-bond donors (Lipinski definition) is 3. The fourth-order valence-electron chi connectivity index (χ4n) is 0.954. The monoisotopic (exact) mass is 159 g/mol. The minimum atomic E-state index is 0.0231. The average molecular weight is 159 g/mol. The van der Waals surface area contributed by atoms with Gasteiger partial charge in [0.05, 0.1) is 5.92 Å². The molecule has 0 aliphatic rings. The number of carbonyl (C=O) groups is 1. The first kappa shape index (κ1) is 10.4. The van der Waals surface area contributed by atoms with Gasteiger partial charge in [0, 0.05) is 20.1 Å². The highest BCUT2D eigenvalue weighted by Crippen LogP contribution is 1.91. The first-order valence-corrected chi connectivity index (χ1v) is 3.77. The van der Waals surface area contributed by atoms with Crippen molar-refractivity contribution in [2.45, 2.75) is 0 Å². The first-order valence-electron chi connectivity index (χ1n) is 3.77. The molecule has 4 nitrogen and oxygen atoms in total.